The molecule has 1 fully saturated rings. The Bertz CT molecular complexity index is 163. The monoisotopic (exact) mass is 194 g/mol. The lowest BCUT2D eigenvalue weighted by Gasteiger charge is -2.39. The molecule has 0 saturated carbocycles. The van der Waals surface area contributed by atoms with Gasteiger partial charge in [0.15, 0.2) is 6.29 Å². The van der Waals surface area contributed by atoms with Crippen molar-refractivity contribution in [3.05, 3.63) is 0 Å². The molecule has 4 N–H and O–H groups in total. The minimum absolute atomic E-state index is 0.440. The van der Waals surface area contributed by atoms with E-state index in [0.717, 1.165) is 0 Å². The van der Waals surface area contributed by atoms with Crippen LogP contribution in [0.3, 0.4) is 0 Å². The Hall–Kier alpha value is -0.240. The molecule has 1 aliphatic rings. The first kappa shape index (κ1) is 10.8. The summed E-state index contributed by atoms with van der Waals surface area (Å²) in [6, 6.07) is 0. The molecule has 5 atom stereocenters. The van der Waals surface area contributed by atoms with Gasteiger partial charge in [-0.05, 0) is 0 Å². The predicted molar refractivity (Wildman–Crippen MR) is 40.8 cm³/mol. The van der Waals surface area contributed by atoms with E-state index in [1.807, 2.05) is 0 Å². The second-order valence-corrected chi connectivity index (χ2v) is 2.93. The van der Waals surface area contributed by atoms with Gasteiger partial charge in [-0.15, -0.1) is 0 Å². The average Bonchev–Trinajstić information content (AvgIpc) is 2.12. The largest absolute Gasteiger partial charge is 0.394 e. The second-order valence-electron chi connectivity index (χ2n) is 2.93. The van der Waals surface area contributed by atoms with Gasteiger partial charge >= 0.3 is 0 Å². The van der Waals surface area contributed by atoms with E-state index in [1.165, 1.54) is 7.11 Å². The molecule has 1 saturated heterocycles. The van der Waals surface area contributed by atoms with Crippen molar-refractivity contribution >= 4 is 0 Å². The Morgan fingerprint density at radius 1 is 1.23 bits per heavy atom. The van der Waals surface area contributed by atoms with Gasteiger partial charge in [-0.2, -0.15) is 0 Å². The van der Waals surface area contributed by atoms with Crippen LogP contribution in [0.1, 0.15) is 0 Å². The van der Waals surface area contributed by atoms with E-state index in [4.69, 9.17) is 19.7 Å². The summed E-state index contributed by atoms with van der Waals surface area (Å²) in [6.07, 6.45) is -5.76. The molecule has 6 nitrogen and oxygen atoms in total. The predicted octanol–water partition coefficient (Wildman–Crippen LogP) is -2.57. The highest BCUT2D eigenvalue weighted by Gasteiger charge is 2.43. The van der Waals surface area contributed by atoms with E-state index in [1.54, 1.807) is 0 Å². The Morgan fingerprint density at radius 2 is 1.85 bits per heavy atom. The van der Waals surface area contributed by atoms with Crippen LogP contribution in [0.25, 0.3) is 0 Å². The van der Waals surface area contributed by atoms with Crippen molar-refractivity contribution in [1.29, 1.82) is 0 Å². The van der Waals surface area contributed by atoms with Gasteiger partial charge in [0.25, 0.3) is 0 Å². The molecule has 0 amide bonds. The zero-order chi connectivity index (χ0) is 10.0. The number of methoxy groups -OCH3 is 1. The lowest BCUT2D eigenvalue weighted by atomic mass is 9.99. The second kappa shape index (κ2) is 4.32. The minimum atomic E-state index is -1.44. The quantitative estimate of drug-likeness (QED) is 0.386. The number of aliphatic hydroxyl groups excluding tert-OH is 4. The number of ether oxygens (including phenoxy) is 2. The van der Waals surface area contributed by atoms with E-state index in [0.29, 0.717) is 0 Å². The molecule has 1 unspecified atom stereocenters. The normalized spacial score (nSPS) is 46.4. The summed E-state index contributed by atoms with van der Waals surface area (Å²) >= 11 is 0. The van der Waals surface area contributed by atoms with Crippen LogP contribution < -0.4 is 0 Å². The third kappa shape index (κ3) is 1.98. The third-order valence-corrected chi connectivity index (χ3v) is 2.11. The summed E-state index contributed by atoms with van der Waals surface area (Å²) in [4.78, 5) is 0. The Kier molecular flexibility index (Phi) is 3.60. The minimum Gasteiger partial charge on any atom is -0.394 e. The standard InChI is InChI=1S/C7H14O6/c1-12-6-4(9)3(2-8)13-7(11)5(6)10/h3-11H,2H2,1H3/t3-,4-,5+,6-,7?/m1/s1. The summed E-state index contributed by atoms with van der Waals surface area (Å²) in [5, 5.41) is 36.6. The number of aliphatic hydroxyl groups is 4. The molecule has 6 heteroatoms. The molecule has 0 bridgehead atoms. The lowest BCUT2D eigenvalue weighted by Crippen LogP contribution is -2.59. The molecule has 1 rings (SSSR count). The van der Waals surface area contributed by atoms with E-state index < -0.39 is 37.3 Å². The van der Waals surface area contributed by atoms with Gasteiger partial charge in [-0.3, -0.25) is 0 Å². The van der Waals surface area contributed by atoms with Crippen molar-refractivity contribution < 1.29 is 29.9 Å². The maximum absolute atomic E-state index is 9.44. The van der Waals surface area contributed by atoms with Gasteiger partial charge in [0, 0.05) is 7.11 Å². The number of hydrogen-bond acceptors (Lipinski definition) is 6. The van der Waals surface area contributed by atoms with Crippen molar-refractivity contribution in [2.24, 2.45) is 0 Å². The summed E-state index contributed by atoms with van der Waals surface area (Å²) < 4.78 is 9.48. The van der Waals surface area contributed by atoms with Gasteiger partial charge in [0.05, 0.1) is 6.61 Å². The molecular formula is C7H14O6. The van der Waals surface area contributed by atoms with Crippen LogP contribution in [-0.2, 0) is 9.47 Å². The van der Waals surface area contributed by atoms with Gasteiger partial charge in [-0.1, -0.05) is 0 Å². The summed E-state index contributed by atoms with van der Waals surface area (Å²) in [6.45, 7) is -0.440. The Balaban J connectivity index is 2.69. The highest BCUT2D eigenvalue weighted by Crippen LogP contribution is 2.21. The maximum Gasteiger partial charge on any atom is 0.184 e. The fraction of sp³-hybridized carbons (Fsp3) is 1.00. The maximum atomic E-state index is 9.44. The first-order chi connectivity index (χ1) is 6.11. The fourth-order valence-corrected chi connectivity index (χ4v) is 1.35. The molecule has 0 aromatic carbocycles. The van der Waals surface area contributed by atoms with Crippen LogP contribution in [-0.4, -0.2) is 64.8 Å². The van der Waals surface area contributed by atoms with Crippen LogP contribution in [0, 0.1) is 0 Å². The third-order valence-electron chi connectivity index (χ3n) is 2.11. The average molecular weight is 194 g/mol. The van der Waals surface area contributed by atoms with Crippen molar-refractivity contribution in [2.45, 2.75) is 30.7 Å². The van der Waals surface area contributed by atoms with Crippen LogP contribution in [0.15, 0.2) is 0 Å². The zero-order valence-electron chi connectivity index (χ0n) is 7.20. The smallest absolute Gasteiger partial charge is 0.184 e. The van der Waals surface area contributed by atoms with E-state index in [2.05, 4.69) is 0 Å². The fourth-order valence-electron chi connectivity index (χ4n) is 1.35. The Morgan fingerprint density at radius 3 is 2.31 bits per heavy atom. The van der Waals surface area contributed by atoms with E-state index >= 15 is 0 Å². The highest BCUT2D eigenvalue weighted by atomic mass is 16.6. The first-order valence-corrected chi connectivity index (χ1v) is 3.95. The van der Waals surface area contributed by atoms with Crippen molar-refractivity contribution in [3.63, 3.8) is 0 Å². The molecule has 0 radical (unpaired) electrons. The van der Waals surface area contributed by atoms with Crippen LogP contribution >= 0.6 is 0 Å². The van der Waals surface area contributed by atoms with Crippen molar-refractivity contribution in [2.75, 3.05) is 13.7 Å². The molecule has 1 aliphatic heterocycles. The summed E-state index contributed by atoms with van der Waals surface area (Å²) in [7, 11) is 1.30. The molecule has 1 heterocycles. The lowest BCUT2D eigenvalue weighted by molar-refractivity contribution is -0.290. The van der Waals surface area contributed by atoms with Gasteiger partial charge in [0.2, 0.25) is 0 Å². The van der Waals surface area contributed by atoms with Gasteiger partial charge in [0.1, 0.15) is 24.4 Å². The van der Waals surface area contributed by atoms with Crippen LogP contribution in [0.4, 0.5) is 0 Å². The van der Waals surface area contributed by atoms with Crippen molar-refractivity contribution in [3.8, 4) is 0 Å². The highest BCUT2D eigenvalue weighted by molar-refractivity contribution is 4.89. The molecule has 78 valence electrons. The topological polar surface area (TPSA) is 99.4 Å². The SMILES string of the molecule is CO[C@@H]1[C@H](O)[C@@H](CO)OC(O)[C@H]1O. The number of rotatable bonds is 2. The van der Waals surface area contributed by atoms with Crippen molar-refractivity contribution in [1.82, 2.24) is 0 Å². The first-order valence-electron chi connectivity index (χ1n) is 3.95. The van der Waals surface area contributed by atoms with Crippen LogP contribution in [0.5, 0.6) is 0 Å². The molecule has 13 heavy (non-hydrogen) atoms. The molecule has 0 aliphatic carbocycles. The van der Waals surface area contributed by atoms with Gasteiger partial charge in [-0.25, -0.2) is 0 Å². The molecule has 0 spiro atoms. The molecule has 0 aromatic heterocycles. The Labute approximate surface area is 75.3 Å². The van der Waals surface area contributed by atoms with E-state index in [9.17, 15) is 10.2 Å². The molecular weight excluding hydrogens is 180 g/mol. The molecule has 0 aromatic rings. The number of hydrogen-bond donors (Lipinski definition) is 4. The van der Waals surface area contributed by atoms with Crippen LogP contribution in [0.2, 0.25) is 0 Å². The summed E-state index contributed by atoms with van der Waals surface area (Å²) in [5.74, 6) is 0. The summed E-state index contributed by atoms with van der Waals surface area (Å²) in [5.41, 5.74) is 0. The zero-order valence-corrected chi connectivity index (χ0v) is 7.20. The van der Waals surface area contributed by atoms with E-state index in [-0.39, 0.29) is 0 Å². The van der Waals surface area contributed by atoms with Gasteiger partial charge < -0.3 is 29.9 Å².